The zero-order chi connectivity index (χ0) is 15.6. The summed E-state index contributed by atoms with van der Waals surface area (Å²) in [5.74, 6) is 0. The van der Waals surface area contributed by atoms with Crippen molar-refractivity contribution in [1.29, 1.82) is 0 Å². The van der Waals surface area contributed by atoms with Gasteiger partial charge in [-0.25, -0.2) is 13.1 Å². The van der Waals surface area contributed by atoms with Crippen molar-refractivity contribution in [2.45, 2.75) is 11.8 Å². The molecule has 0 aliphatic carbocycles. The molecule has 0 bridgehead atoms. The average molecular weight is 326 g/mol. The summed E-state index contributed by atoms with van der Waals surface area (Å²) in [4.78, 5) is 0.120. The molecule has 0 spiro atoms. The highest BCUT2D eigenvalue weighted by molar-refractivity contribution is 7.89. The molecule has 0 amide bonds. The van der Waals surface area contributed by atoms with Crippen LogP contribution >= 0.6 is 11.6 Å². The van der Waals surface area contributed by atoms with Gasteiger partial charge in [-0.3, -0.25) is 0 Å². The molecule has 2 aromatic rings. The van der Waals surface area contributed by atoms with Gasteiger partial charge in [-0.15, -0.1) is 0 Å². The fraction of sp³-hybridized carbons (Fsp3) is 0.143. The Bertz CT molecular complexity index is 776. The SMILES string of the molecule is CNS(=O)(=O)c1ccc(Nc2ccc(C)c(Cl)c2)c(N)c1. The van der Waals surface area contributed by atoms with E-state index in [2.05, 4.69) is 10.0 Å². The summed E-state index contributed by atoms with van der Waals surface area (Å²) >= 11 is 6.06. The third-order valence-electron chi connectivity index (χ3n) is 3.05. The van der Waals surface area contributed by atoms with E-state index < -0.39 is 10.0 Å². The Kier molecular flexibility index (Phi) is 4.41. The fourth-order valence-electron chi connectivity index (χ4n) is 1.77. The number of hydrogen-bond donors (Lipinski definition) is 3. The summed E-state index contributed by atoms with van der Waals surface area (Å²) in [6.45, 7) is 1.91. The molecule has 2 aromatic carbocycles. The quantitative estimate of drug-likeness (QED) is 0.755. The van der Waals surface area contributed by atoms with E-state index >= 15 is 0 Å². The van der Waals surface area contributed by atoms with E-state index in [0.29, 0.717) is 16.4 Å². The van der Waals surface area contributed by atoms with Crippen molar-refractivity contribution in [3.05, 3.63) is 47.0 Å². The zero-order valence-electron chi connectivity index (χ0n) is 11.6. The van der Waals surface area contributed by atoms with E-state index in [1.54, 1.807) is 12.1 Å². The number of aryl methyl sites for hydroxylation is 1. The molecule has 0 aromatic heterocycles. The van der Waals surface area contributed by atoms with Crippen LogP contribution < -0.4 is 15.8 Å². The zero-order valence-corrected chi connectivity index (χ0v) is 13.2. The number of nitrogens with two attached hydrogens (primary N) is 1. The smallest absolute Gasteiger partial charge is 0.240 e. The summed E-state index contributed by atoms with van der Waals surface area (Å²) in [6, 6.07) is 10.1. The summed E-state index contributed by atoms with van der Waals surface area (Å²) in [5, 5.41) is 3.76. The van der Waals surface area contributed by atoms with Gasteiger partial charge in [0.15, 0.2) is 0 Å². The molecule has 0 unspecified atom stereocenters. The van der Waals surface area contributed by atoms with E-state index in [-0.39, 0.29) is 4.90 Å². The van der Waals surface area contributed by atoms with Gasteiger partial charge in [0.25, 0.3) is 0 Å². The maximum absolute atomic E-state index is 11.7. The van der Waals surface area contributed by atoms with Gasteiger partial charge in [0.1, 0.15) is 0 Å². The molecule has 7 heteroatoms. The molecule has 0 fully saturated rings. The minimum atomic E-state index is -3.50. The molecule has 21 heavy (non-hydrogen) atoms. The van der Waals surface area contributed by atoms with Crippen LogP contribution in [-0.2, 0) is 10.0 Å². The number of nitrogens with one attached hydrogen (secondary N) is 2. The Balaban J connectivity index is 2.31. The second-order valence-corrected chi connectivity index (χ2v) is 6.84. The van der Waals surface area contributed by atoms with Crippen molar-refractivity contribution < 1.29 is 8.42 Å². The van der Waals surface area contributed by atoms with Gasteiger partial charge in [-0.05, 0) is 49.9 Å². The highest BCUT2D eigenvalue weighted by atomic mass is 35.5. The van der Waals surface area contributed by atoms with Gasteiger partial charge in [-0.1, -0.05) is 17.7 Å². The number of sulfonamides is 1. The molecule has 0 atom stereocenters. The van der Waals surface area contributed by atoms with Crippen LogP contribution in [0.5, 0.6) is 0 Å². The van der Waals surface area contributed by atoms with Gasteiger partial charge in [0.05, 0.1) is 16.3 Å². The second-order valence-electron chi connectivity index (χ2n) is 4.55. The normalized spacial score (nSPS) is 11.4. The largest absolute Gasteiger partial charge is 0.397 e. The van der Waals surface area contributed by atoms with Crippen molar-refractivity contribution in [2.75, 3.05) is 18.1 Å². The molecule has 0 aliphatic heterocycles. The highest BCUT2D eigenvalue weighted by Gasteiger charge is 2.13. The topological polar surface area (TPSA) is 84.2 Å². The molecule has 0 heterocycles. The lowest BCUT2D eigenvalue weighted by atomic mass is 10.2. The third-order valence-corrected chi connectivity index (χ3v) is 4.87. The maximum Gasteiger partial charge on any atom is 0.240 e. The van der Waals surface area contributed by atoms with Crippen molar-refractivity contribution in [2.24, 2.45) is 0 Å². The molecule has 0 saturated heterocycles. The van der Waals surface area contributed by atoms with Crippen LogP contribution in [0.1, 0.15) is 5.56 Å². The fourth-order valence-corrected chi connectivity index (χ4v) is 2.71. The molecule has 112 valence electrons. The van der Waals surface area contributed by atoms with Crippen LogP contribution in [-0.4, -0.2) is 15.5 Å². The molecule has 2 rings (SSSR count). The molecule has 0 saturated carbocycles. The van der Waals surface area contributed by atoms with Crippen LogP contribution in [0.4, 0.5) is 17.1 Å². The van der Waals surface area contributed by atoms with E-state index in [1.807, 2.05) is 19.1 Å². The monoisotopic (exact) mass is 325 g/mol. The average Bonchev–Trinajstić information content (AvgIpc) is 2.45. The lowest BCUT2D eigenvalue weighted by molar-refractivity contribution is 0.588. The lowest BCUT2D eigenvalue weighted by Gasteiger charge is -2.12. The van der Waals surface area contributed by atoms with Gasteiger partial charge in [-0.2, -0.15) is 0 Å². The third kappa shape index (κ3) is 3.47. The van der Waals surface area contributed by atoms with Crippen LogP contribution in [0.2, 0.25) is 5.02 Å². The predicted molar refractivity (Wildman–Crippen MR) is 86.6 cm³/mol. The lowest BCUT2D eigenvalue weighted by Crippen LogP contribution is -2.18. The van der Waals surface area contributed by atoms with Crippen LogP contribution in [0.25, 0.3) is 0 Å². The van der Waals surface area contributed by atoms with Crippen molar-refractivity contribution >= 4 is 38.7 Å². The van der Waals surface area contributed by atoms with Crippen molar-refractivity contribution in [3.8, 4) is 0 Å². The number of halogens is 1. The Morgan fingerprint density at radius 1 is 1.14 bits per heavy atom. The number of benzene rings is 2. The molecular weight excluding hydrogens is 310 g/mol. The van der Waals surface area contributed by atoms with E-state index in [0.717, 1.165) is 11.3 Å². The first-order valence-corrected chi connectivity index (χ1v) is 8.06. The Labute approximate surface area is 129 Å². The van der Waals surface area contributed by atoms with Crippen molar-refractivity contribution in [3.63, 3.8) is 0 Å². The Hall–Kier alpha value is -1.76. The number of anilines is 3. The van der Waals surface area contributed by atoms with Gasteiger partial charge in [0, 0.05) is 10.7 Å². The summed E-state index contributed by atoms with van der Waals surface area (Å²) in [7, 11) is -2.15. The second kappa shape index (κ2) is 5.93. The van der Waals surface area contributed by atoms with Crippen LogP contribution in [0, 0.1) is 6.92 Å². The van der Waals surface area contributed by atoms with E-state index in [1.165, 1.54) is 19.2 Å². The van der Waals surface area contributed by atoms with Crippen LogP contribution in [0.15, 0.2) is 41.3 Å². The molecule has 0 aliphatic rings. The maximum atomic E-state index is 11.7. The van der Waals surface area contributed by atoms with Gasteiger partial charge >= 0.3 is 0 Å². The molecular formula is C14H16ClN3O2S. The van der Waals surface area contributed by atoms with E-state index in [4.69, 9.17) is 17.3 Å². The van der Waals surface area contributed by atoms with Crippen molar-refractivity contribution in [1.82, 2.24) is 4.72 Å². The number of hydrogen-bond acceptors (Lipinski definition) is 4. The molecule has 0 radical (unpaired) electrons. The standard InChI is InChI=1S/C14H16ClN3O2S/c1-9-3-4-10(7-12(9)15)18-14-6-5-11(8-13(14)16)21(19,20)17-2/h3-8,17-18H,16H2,1-2H3. The molecule has 4 N–H and O–H groups in total. The predicted octanol–water partition coefficient (Wildman–Crippen LogP) is 2.88. The Morgan fingerprint density at radius 3 is 2.43 bits per heavy atom. The summed E-state index contributed by atoms with van der Waals surface area (Å²) in [6.07, 6.45) is 0. The van der Waals surface area contributed by atoms with Gasteiger partial charge < -0.3 is 11.1 Å². The minimum Gasteiger partial charge on any atom is -0.397 e. The summed E-state index contributed by atoms with van der Waals surface area (Å²) in [5.41, 5.74) is 8.61. The Morgan fingerprint density at radius 2 is 1.86 bits per heavy atom. The van der Waals surface area contributed by atoms with Gasteiger partial charge in [0.2, 0.25) is 10.0 Å². The number of nitrogen functional groups attached to an aromatic ring is 1. The minimum absolute atomic E-state index is 0.120. The first-order chi connectivity index (χ1) is 9.83. The first-order valence-electron chi connectivity index (χ1n) is 6.20. The van der Waals surface area contributed by atoms with E-state index in [9.17, 15) is 8.42 Å². The molecule has 5 nitrogen and oxygen atoms in total. The summed E-state index contributed by atoms with van der Waals surface area (Å²) < 4.78 is 25.6. The first kappa shape index (κ1) is 15.6. The number of rotatable bonds is 4. The van der Waals surface area contributed by atoms with Crippen LogP contribution in [0.3, 0.4) is 0 Å². The highest BCUT2D eigenvalue weighted by Crippen LogP contribution is 2.28.